The molecule has 100 valence electrons. The lowest BCUT2D eigenvalue weighted by atomic mass is 10.1. The smallest absolute Gasteiger partial charge is 0.329 e. The molecule has 1 saturated heterocycles. The van der Waals surface area contributed by atoms with Gasteiger partial charge in [-0.1, -0.05) is 5.16 Å². The van der Waals surface area contributed by atoms with E-state index < -0.39 is 5.97 Å². The predicted octanol–water partition coefficient (Wildman–Crippen LogP) is 0.782. The standard InChI is InChI=1S/C11H16N2O5/c14-11(15)7-16-6-10-12-9(13-18-10)5-8-3-1-2-4-17-8/h8H,1-7H2,(H,14,15). The molecular formula is C11H16N2O5. The molecule has 7 heteroatoms. The van der Waals surface area contributed by atoms with Gasteiger partial charge in [0.25, 0.3) is 5.89 Å². The second kappa shape index (κ2) is 6.46. The molecule has 1 fully saturated rings. The van der Waals surface area contributed by atoms with Crippen LogP contribution in [0.3, 0.4) is 0 Å². The van der Waals surface area contributed by atoms with Crippen LogP contribution in [0.4, 0.5) is 0 Å². The minimum absolute atomic E-state index is 0.0187. The van der Waals surface area contributed by atoms with E-state index in [2.05, 4.69) is 10.1 Å². The maximum absolute atomic E-state index is 10.2. The third kappa shape index (κ3) is 4.08. The normalized spacial score (nSPS) is 19.9. The van der Waals surface area contributed by atoms with Crippen LogP contribution in [0.1, 0.15) is 31.0 Å². The van der Waals surface area contributed by atoms with Gasteiger partial charge >= 0.3 is 5.97 Å². The molecule has 18 heavy (non-hydrogen) atoms. The van der Waals surface area contributed by atoms with E-state index in [0.717, 1.165) is 25.9 Å². The maximum atomic E-state index is 10.2. The third-order valence-corrected chi connectivity index (χ3v) is 2.65. The van der Waals surface area contributed by atoms with Crippen molar-refractivity contribution in [3.63, 3.8) is 0 Å². The van der Waals surface area contributed by atoms with Crippen molar-refractivity contribution >= 4 is 5.97 Å². The molecule has 1 aromatic rings. The quantitative estimate of drug-likeness (QED) is 0.803. The first kappa shape index (κ1) is 13.0. The first-order chi connectivity index (χ1) is 8.74. The number of hydrogen-bond acceptors (Lipinski definition) is 6. The van der Waals surface area contributed by atoms with Crippen LogP contribution in [0.5, 0.6) is 0 Å². The van der Waals surface area contributed by atoms with Crippen molar-refractivity contribution in [1.82, 2.24) is 10.1 Å². The fourth-order valence-corrected chi connectivity index (χ4v) is 1.83. The molecule has 2 heterocycles. The minimum atomic E-state index is -1.02. The number of hydrogen-bond donors (Lipinski definition) is 1. The SMILES string of the molecule is O=C(O)COCc1nc(CC2CCCCO2)no1. The van der Waals surface area contributed by atoms with Gasteiger partial charge < -0.3 is 19.1 Å². The Morgan fingerprint density at radius 1 is 1.50 bits per heavy atom. The van der Waals surface area contributed by atoms with E-state index in [9.17, 15) is 4.79 Å². The summed E-state index contributed by atoms with van der Waals surface area (Å²) in [4.78, 5) is 14.4. The number of carboxylic acid groups (broad SMARTS) is 1. The maximum Gasteiger partial charge on any atom is 0.329 e. The van der Waals surface area contributed by atoms with Crippen molar-refractivity contribution < 1.29 is 23.9 Å². The number of nitrogens with zero attached hydrogens (tertiary/aromatic N) is 2. The zero-order valence-corrected chi connectivity index (χ0v) is 10.0. The monoisotopic (exact) mass is 256 g/mol. The second-order valence-corrected chi connectivity index (χ2v) is 4.18. The lowest BCUT2D eigenvalue weighted by Crippen LogP contribution is -2.21. The fraction of sp³-hybridized carbons (Fsp3) is 0.727. The second-order valence-electron chi connectivity index (χ2n) is 4.18. The first-order valence-corrected chi connectivity index (χ1v) is 5.96. The van der Waals surface area contributed by atoms with Crippen molar-refractivity contribution in [3.05, 3.63) is 11.7 Å². The lowest BCUT2D eigenvalue weighted by Gasteiger charge is -2.20. The molecule has 1 atom stereocenters. The van der Waals surface area contributed by atoms with Crippen LogP contribution in [0, 0.1) is 0 Å². The summed E-state index contributed by atoms with van der Waals surface area (Å²) in [7, 11) is 0. The zero-order valence-electron chi connectivity index (χ0n) is 10.0. The molecule has 2 rings (SSSR count). The summed E-state index contributed by atoms with van der Waals surface area (Å²) in [6.45, 7) is 0.436. The Bertz CT molecular complexity index is 387. The van der Waals surface area contributed by atoms with Crippen LogP contribution >= 0.6 is 0 Å². The van der Waals surface area contributed by atoms with Crippen molar-refractivity contribution in [2.24, 2.45) is 0 Å². The number of aromatic nitrogens is 2. The summed E-state index contributed by atoms with van der Waals surface area (Å²) >= 11 is 0. The number of aliphatic carboxylic acids is 1. The van der Waals surface area contributed by atoms with Crippen molar-refractivity contribution in [1.29, 1.82) is 0 Å². The highest BCUT2D eigenvalue weighted by Crippen LogP contribution is 2.16. The number of rotatable bonds is 6. The molecule has 1 aromatic heterocycles. The van der Waals surface area contributed by atoms with Gasteiger partial charge in [-0.3, -0.25) is 0 Å². The molecule has 0 bridgehead atoms. The van der Waals surface area contributed by atoms with E-state index in [4.69, 9.17) is 19.1 Å². The molecule has 0 radical (unpaired) electrons. The zero-order chi connectivity index (χ0) is 12.8. The van der Waals surface area contributed by atoms with Crippen LogP contribution in [0.15, 0.2) is 4.52 Å². The minimum Gasteiger partial charge on any atom is -0.480 e. The lowest BCUT2D eigenvalue weighted by molar-refractivity contribution is -0.142. The molecule has 7 nitrogen and oxygen atoms in total. The highest BCUT2D eigenvalue weighted by Gasteiger charge is 2.17. The van der Waals surface area contributed by atoms with Gasteiger partial charge in [-0.15, -0.1) is 0 Å². The molecular weight excluding hydrogens is 240 g/mol. The van der Waals surface area contributed by atoms with Crippen LogP contribution in [0.25, 0.3) is 0 Å². The van der Waals surface area contributed by atoms with Gasteiger partial charge in [0.1, 0.15) is 13.2 Å². The van der Waals surface area contributed by atoms with E-state index in [1.807, 2.05) is 0 Å². The number of ether oxygens (including phenoxy) is 2. The Balaban J connectivity index is 1.76. The Morgan fingerprint density at radius 3 is 3.11 bits per heavy atom. The van der Waals surface area contributed by atoms with Gasteiger partial charge in [0.2, 0.25) is 0 Å². The topological polar surface area (TPSA) is 94.7 Å². The van der Waals surface area contributed by atoms with Gasteiger partial charge in [0, 0.05) is 13.0 Å². The molecule has 1 N–H and O–H groups in total. The van der Waals surface area contributed by atoms with E-state index in [-0.39, 0.29) is 19.3 Å². The van der Waals surface area contributed by atoms with Gasteiger partial charge in [0.15, 0.2) is 5.82 Å². The number of carboxylic acids is 1. The highest BCUT2D eigenvalue weighted by molar-refractivity contribution is 5.67. The van der Waals surface area contributed by atoms with Crippen LogP contribution in [-0.2, 0) is 27.3 Å². The van der Waals surface area contributed by atoms with Crippen LogP contribution in [-0.4, -0.2) is 40.5 Å². The predicted molar refractivity (Wildman–Crippen MR) is 58.9 cm³/mol. The Kier molecular flexibility index (Phi) is 4.66. The van der Waals surface area contributed by atoms with E-state index >= 15 is 0 Å². The molecule has 0 spiro atoms. The highest BCUT2D eigenvalue weighted by atomic mass is 16.5. The molecule has 1 aliphatic rings. The summed E-state index contributed by atoms with van der Waals surface area (Å²) in [6, 6.07) is 0. The molecule has 1 aliphatic heterocycles. The average Bonchev–Trinajstić information content (AvgIpc) is 2.78. The Morgan fingerprint density at radius 2 is 2.39 bits per heavy atom. The van der Waals surface area contributed by atoms with E-state index in [1.54, 1.807) is 0 Å². The van der Waals surface area contributed by atoms with Gasteiger partial charge in [-0.05, 0) is 19.3 Å². The fourth-order valence-electron chi connectivity index (χ4n) is 1.83. The molecule has 0 amide bonds. The molecule has 0 aliphatic carbocycles. The Hall–Kier alpha value is -1.47. The van der Waals surface area contributed by atoms with Crippen molar-refractivity contribution in [3.8, 4) is 0 Å². The summed E-state index contributed by atoms with van der Waals surface area (Å²) in [5, 5.41) is 12.2. The molecule has 0 saturated carbocycles. The summed E-state index contributed by atoms with van der Waals surface area (Å²) in [5.41, 5.74) is 0. The molecule has 0 aromatic carbocycles. The molecule has 1 unspecified atom stereocenters. The number of carbonyl (C=O) groups is 1. The van der Waals surface area contributed by atoms with Gasteiger partial charge in [-0.25, -0.2) is 4.79 Å². The van der Waals surface area contributed by atoms with Crippen molar-refractivity contribution in [2.75, 3.05) is 13.2 Å². The summed E-state index contributed by atoms with van der Waals surface area (Å²) < 4.78 is 15.4. The summed E-state index contributed by atoms with van der Waals surface area (Å²) in [5.74, 6) is -0.150. The van der Waals surface area contributed by atoms with E-state index in [1.165, 1.54) is 0 Å². The van der Waals surface area contributed by atoms with E-state index in [0.29, 0.717) is 18.1 Å². The summed E-state index contributed by atoms with van der Waals surface area (Å²) in [6.07, 6.45) is 4.07. The third-order valence-electron chi connectivity index (χ3n) is 2.65. The van der Waals surface area contributed by atoms with Crippen molar-refractivity contribution in [2.45, 2.75) is 38.4 Å². The van der Waals surface area contributed by atoms with Crippen LogP contribution < -0.4 is 0 Å². The van der Waals surface area contributed by atoms with Gasteiger partial charge in [0.05, 0.1) is 6.10 Å². The van der Waals surface area contributed by atoms with Gasteiger partial charge in [-0.2, -0.15) is 4.98 Å². The average molecular weight is 256 g/mol. The largest absolute Gasteiger partial charge is 0.480 e. The van der Waals surface area contributed by atoms with Crippen LogP contribution in [0.2, 0.25) is 0 Å². The first-order valence-electron chi connectivity index (χ1n) is 5.96. The Labute approximate surface area is 104 Å².